The molecule has 0 aromatic heterocycles. The molecule has 3 fully saturated rings. The molecule has 4 aliphatic carbocycles. The zero-order valence-electron chi connectivity index (χ0n) is 16.8. The maximum Gasteiger partial charge on any atom is 0.190 e. The van der Waals surface area contributed by atoms with Gasteiger partial charge in [-0.2, -0.15) is 0 Å². The van der Waals surface area contributed by atoms with Gasteiger partial charge in [-0.25, -0.2) is 0 Å². The van der Waals surface area contributed by atoms with E-state index in [0.29, 0.717) is 25.2 Å². The van der Waals surface area contributed by atoms with E-state index in [4.69, 9.17) is 4.74 Å². The summed E-state index contributed by atoms with van der Waals surface area (Å²) in [7, 11) is 1.47. The minimum atomic E-state index is -1.52. The van der Waals surface area contributed by atoms with Gasteiger partial charge in [-0.3, -0.25) is 4.79 Å². The fourth-order valence-electron chi connectivity index (χ4n) is 7.32. The Morgan fingerprint density at radius 2 is 1.89 bits per heavy atom. The molecule has 0 aromatic rings. The number of carbonyl (C=O) groups excluding carboxylic acids is 1. The molecule has 0 saturated heterocycles. The average Bonchev–Trinajstić information content (AvgIpc) is 2.85. The molecule has 7 unspecified atom stereocenters. The largest absolute Gasteiger partial charge is 0.393 e. The summed E-state index contributed by atoms with van der Waals surface area (Å²) >= 11 is 0. The van der Waals surface area contributed by atoms with Gasteiger partial charge in [0, 0.05) is 12.5 Å². The van der Waals surface area contributed by atoms with E-state index in [9.17, 15) is 20.1 Å². The Morgan fingerprint density at radius 1 is 1.15 bits per heavy atom. The summed E-state index contributed by atoms with van der Waals surface area (Å²) in [6.07, 6.45) is 7.55. The predicted octanol–water partition coefficient (Wildman–Crippen LogP) is 2.37. The van der Waals surface area contributed by atoms with E-state index in [0.717, 1.165) is 32.1 Å². The normalized spacial score (nSPS) is 51.8. The van der Waals surface area contributed by atoms with Gasteiger partial charge in [0.15, 0.2) is 5.78 Å². The number of fused-ring (bicyclic) bond motifs is 5. The number of carbonyl (C=O) groups is 1. The van der Waals surface area contributed by atoms with Crippen LogP contribution < -0.4 is 0 Å². The molecule has 7 atom stereocenters. The van der Waals surface area contributed by atoms with Crippen molar-refractivity contribution < 1.29 is 24.9 Å². The zero-order valence-corrected chi connectivity index (χ0v) is 16.8. The first kappa shape index (κ1) is 19.6. The second-order valence-electron chi connectivity index (χ2n) is 10.0. The Labute approximate surface area is 161 Å². The lowest BCUT2D eigenvalue weighted by molar-refractivity contribution is -0.215. The third-order valence-electron chi connectivity index (χ3n) is 9.15. The van der Waals surface area contributed by atoms with Crippen LogP contribution in [0.25, 0.3) is 0 Å². The number of methoxy groups -OCH3 is 1. The topological polar surface area (TPSA) is 87.0 Å². The van der Waals surface area contributed by atoms with Crippen LogP contribution in [0.1, 0.15) is 65.2 Å². The van der Waals surface area contributed by atoms with E-state index in [1.54, 1.807) is 0 Å². The van der Waals surface area contributed by atoms with Gasteiger partial charge >= 0.3 is 0 Å². The Morgan fingerprint density at radius 3 is 2.59 bits per heavy atom. The number of rotatable bonds is 3. The minimum Gasteiger partial charge on any atom is -0.393 e. The van der Waals surface area contributed by atoms with Crippen molar-refractivity contribution in [2.24, 2.45) is 22.7 Å². The van der Waals surface area contributed by atoms with E-state index >= 15 is 0 Å². The number of hydrogen-bond acceptors (Lipinski definition) is 5. The van der Waals surface area contributed by atoms with Crippen molar-refractivity contribution in [2.75, 3.05) is 13.7 Å². The first-order valence-electron chi connectivity index (χ1n) is 10.5. The van der Waals surface area contributed by atoms with Crippen molar-refractivity contribution in [3.8, 4) is 0 Å². The van der Waals surface area contributed by atoms with Gasteiger partial charge in [0.25, 0.3) is 0 Å². The summed E-state index contributed by atoms with van der Waals surface area (Å²) < 4.78 is 5.02. The van der Waals surface area contributed by atoms with E-state index in [1.165, 1.54) is 12.7 Å². The molecule has 0 spiro atoms. The first-order valence-corrected chi connectivity index (χ1v) is 10.5. The fraction of sp³-hybridized carbons (Fsp3) is 0.864. The molecule has 0 aliphatic heterocycles. The fourth-order valence-corrected chi connectivity index (χ4v) is 7.32. The minimum absolute atomic E-state index is 0.0104. The third kappa shape index (κ3) is 2.35. The van der Waals surface area contributed by atoms with Crippen molar-refractivity contribution >= 4 is 5.78 Å². The summed E-state index contributed by atoms with van der Waals surface area (Å²) in [5.41, 5.74) is -2.05. The van der Waals surface area contributed by atoms with Crippen LogP contribution in [-0.4, -0.2) is 52.1 Å². The quantitative estimate of drug-likeness (QED) is 0.657. The molecule has 0 bridgehead atoms. The number of aliphatic hydroxyl groups excluding tert-OH is 1. The van der Waals surface area contributed by atoms with Crippen LogP contribution in [0.3, 0.4) is 0 Å². The Bertz CT molecular complexity index is 674. The molecule has 5 heteroatoms. The van der Waals surface area contributed by atoms with E-state index in [-0.39, 0.29) is 29.8 Å². The Balaban J connectivity index is 1.71. The molecule has 3 saturated carbocycles. The maximum atomic E-state index is 12.7. The highest BCUT2D eigenvalue weighted by molar-refractivity contribution is 5.90. The lowest BCUT2D eigenvalue weighted by Crippen LogP contribution is -2.66. The van der Waals surface area contributed by atoms with Crippen molar-refractivity contribution in [1.29, 1.82) is 0 Å². The number of Topliss-reactive ketones (excluding diaryl/α,β-unsaturated/α-hetero) is 1. The van der Waals surface area contributed by atoms with E-state index in [1.807, 2.05) is 6.92 Å². The molecular weight excluding hydrogens is 344 g/mol. The molecule has 0 amide bonds. The second-order valence-corrected chi connectivity index (χ2v) is 10.0. The van der Waals surface area contributed by atoms with Crippen LogP contribution in [0, 0.1) is 22.7 Å². The zero-order chi connectivity index (χ0) is 19.7. The first-order chi connectivity index (χ1) is 12.6. The highest BCUT2D eigenvalue weighted by atomic mass is 16.5. The molecule has 5 nitrogen and oxygen atoms in total. The Kier molecular flexibility index (Phi) is 4.44. The van der Waals surface area contributed by atoms with Gasteiger partial charge in [-0.05, 0) is 68.6 Å². The average molecular weight is 379 g/mol. The van der Waals surface area contributed by atoms with Gasteiger partial charge < -0.3 is 20.1 Å². The summed E-state index contributed by atoms with van der Waals surface area (Å²) in [4.78, 5) is 12.7. The van der Waals surface area contributed by atoms with Crippen LogP contribution >= 0.6 is 0 Å². The number of allylic oxidation sites excluding steroid dienone is 1. The van der Waals surface area contributed by atoms with Crippen LogP contribution in [0.2, 0.25) is 0 Å². The molecule has 27 heavy (non-hydrogen) atoms. The third-order valence-corrected chi connectivity index (χ3v) is 9.15. The van der Waals surface area contributed by atoms with E-state index < -0.39 is 16.6 Å². The SMILES string of the molecule is COCC(=O)C1(O)CCC2(O)C3CC=C4CC(O)CCC4(C)C3CCC12C. The molecule has 0 radical (unpaired) electrons. The number of aliphatic hydroxyl groups is 3. The lowest BCUT2D eigenvalue weighted by Gasteiger charge is -2.61. The number of ether oxygens (including phenoxy) is 1. The van der Waals surface area contributed by atoms with Crippen LogP contribution in [0.4, 0.5) is 0 Å². The van der Waals surface area contributed by atoms with E-state index in [2.05, 4.69) is 13.0 Å². The van der Waals surface area contributed by atoms with Gasteiger partial charge in [0.1, 0.15) is 12.2 Å². The highest BCUT2D eigenvalue weighted by Crippen LogP contribution is 2.68. The van der Waals surface area contributed by atoms with Gasteiger partial charge in [-0.1, -0.05) is 25.5 Å². The molecule has 4 aliphatic rings. The number of ketones is 1. The van der Waals surface area contributed by atoms with Crippen molar-refractivity contribution in [3.05, 3.63) is 11.6 Å². The standard InChI is InChI=1S/C22H34O5/c1-19-8-6-15(23)12-14(19)4-5-17-16(19)7-9-20(2)21(17,25)10-11-22(20,26)18(24)13-27-3/h4,15-17,23,25-26H,5-13H2,1-3H3. The molecule has 0 aromatic carbocycles. The maximum absolute atomic E-state index is 12.7. The van der Waals surface area contributed by atoms with Crippen LogP contribution in [0.15, 0.2) is 11.6 Å². The summed E-state index contributed by atoms with van der Waals surface area (Å²) in [6.45, 7) is 4.09. The smallest absolute Gasteiger partial charge is 0.190 e. The lowest BCUT2D eigenvalue weighted by atomic mass is 9.45. The Hall–Kier alpha value is -0.750. The van der Waals surface area contributed by atoms with Crippen molar-refractivity contribution in [2.45, 2.75) is 82.5 Å². The van der Waals surface area contributed by atoms with Gasteiger partial charge in [0.2, 0.25) is 0 Å². The molecule has 152 valence electrons. The predicted molar refractivity (Wildman–Crippen MR) is 101 cm³/mol. The van der Waals surface area contributed by atoms with Crippen molar-refractivity contribution in [1.82, 2.24) is 0 Å². The molecule has 3 N–H and O–H groups in total. The molecule has 0 heterocycles. The van der Waals surface area contributed by atoms with Gasteiger partial charge in [0.05, 0.1) is 11.7 Å². The number of hydrogen-bond donors (Lipinski definition) is 3. The van der Waals surface area contributed by atoms with Crippen molar-refractivity contribution in [3.63, 3.8) is 0 Å². The monoisotopic (exact) mass is 378 g/mol. The highest BCUT2D eigenvalue weighted by Gasteiger charge is 2.72. The van der Waals surface area contributed by atoms with Crippen LogP contribution in [-0.2, 0) is 9.53 Å². The second kappa shape index (κ2) is 6.12. The van der Waals surface area contributed by atoms with Crippen LogP contribution in [0.5, 0.6) is 0 Å². The van der Waals surface area contributed by atoms with Gasteiger partial charge in [-0.15, -0.1) is 0 Å². The molecule has 4 rings (SSSR count). The molecular formula is C22H34O5. The summed E-state index contributed by atoms with van der Waals surface area (Å²) in [5.74, 6) is 0.0773. The summed E-state index contributed by atoms with van der Waals surface area (Å²) in [5, 5.41) is 33.4. The summed E-state index contributed by atoms with van der Waals surface area (Å²) in [6, 6.07) is 0.